The lowest BCUT2D eigenvalue weighted by Gasteiger charge is -2.20. The number of benzene rings is 2. The number of primary amides is 1. The van der Waals surface area contributed by atoms with Gasteiger partial charge in [0.15, 0.2) is 0 Å². The Morgan fingerprint density at radius 1 is 1.08 bits per heavy atom. The third kappa shape index (κ3) is 6.26. The summed E-state index contributed by atoms with van der Waals surface area (Å²) >= 11 is 0. The Morgan fingerprint density at radius 2 is 1.81 bits per heavy atom. The fourth-order valence-electron chi connectivity index (χ4n) is 4.28. The van der Waals surface area contributed by atoms with E-state index in [9.17, 15) is 23.5 Å². The largest absolute Gasteiger partial charge is 0.378 e. The Kier molecular flexibility index (Phi) is 7.18. The minimum Gasteiger partial charge on any atom is -0.378 e. The van der Waals surface area contributed by atoms with Crippen molar-refractivity contribution in [1.29, 1.82) is 0 Å². The van der Waals surface area contributed by atoms with E-state index in [2.05, 4.69) is 16.8 Å². The molecule has 0 saturated carbocycles. The molecule has 2 aromatic carbocycles. The number of pyridine rings is 2. The molecule has 0 fully saturated rings. The number of fused-ring (bicyclic) bond motifs is 1. The molecule has 1 atom stereocenters. The fraction of sp³-hybridized carbons (Fsp3) is 0.207. The highest BCUT2D eigenvalue weighted by Crippen LogP contribution is 2.35. The number of hydrogen-bond acceptors (Lipinski definition) is 4. The highest BCUT2D eigenvalue weighted by Gasteiger charge is 2.23. The minimum atomic E-state index is -1.26. The van der Waals surface area contributed by atoms with Gasteiger partial charge in [0.1, 0.15) is 22.9 Å². The third-order valence-corrected chi connectivity index (χ3v) is 5.77. The summed E-state index contributed by atoms with van der Waals surface area (Å²) in [5, 5.41) is 11.2. The molecule has 0 aliphatic rings. The van der Waals surface area contributed by atoms with E-state index in [1.807, 2.05) is 6.07 Å². The van der Waals surface area contributed by atoms with Crippen LogP contribution < -0.4 is 11.3 Å². The number of nitrogens with one attached hydrogen (secondary N) is 1. The quantitative estimate of drug-likeness (QED) is 0.344. The monoisotopic (exact) mass is 501 g/mol. The molecule has 4 aromatic rings. The molecule has 2 aromatic heterocycles. The smallest absolute Gasteiger partial charge is 0.255 e. The van der Waals surface area contributed by atoms with Crippen LogP contribution in [0.4, 0.5) is 8.78 Å². The number of nitrogens with zero attached hydrogens (tertiary/aromatic N) is 1. The highest BCUT2D eigenvalue weighted by atomic mass is 19.1. The van der Waals surface area contributed by atoms with Gasteiger partial charge in [0.25, 0.3) is 5.56 Å². The van der Waals surface area contributed by atoms with Crippen molar-refractivity contribution in [3.8, 4) is 23.0 Å². The van der Waals surface area contributed by atoms with Crippen molar-refractivity contribution >= 4 is 16.7 Å². The highest BCUT2D eigenvalue weighted by molar-refractivity contribution is 5.96. The number of amides is 1. The molecule has 0 spiro atoms. The molecule has 0 unspecified atom stereocenters. The van der Waals surface area contributed by atoms with Crippen LogP contribution in [0, 0.1) is 23.5 Å². The van der Waals surface area contributed by atoms with Gasteiger partial charge in [-0.3, -0.25) is 9.59 Å². The first-order valence-corrected chi connectivity index (χ1v) is 11.6. The molecule has 0 aliphatic carbocycles. The Morgan fingerprint density at radius 3 is 2.49 bits per heavy atom. The number of rotatable bonds is 6. The van der Waals surface area contributed by atoms with E-state index in [1.54, 1.807) is 36.5 Å². The number of H-pyrrole nitrogens is 1. The topological polar surface area (TPSA) is 109 Å². The van der Waals surface area contributed by atoms with Gasteiger partial charge < -0.3 is 15.8 Å². The lowest BCUT2D eigenvalue weighted by atomic mass is 9.86. The summed E-state index contributed by atoms with van der Waals surface area (Å²) in [5.74, 6) is 2.81. The van der Waals surface area contributed by atoms with Crippen LogP contribution >= 0.6 is 0 Å². The average molecular weight is 502 g/mol. The summed E-state index contributed by atoms with van der Waals surface area (Å²) in [6.07, 6.45) is 1.47. The van der Waals surface area contributed by atoms with Crippen LogP contribution in [-0.4, -0.2) is 26.6 Å². The summed E-state index contributed by atoms with van der Waals surface area (Å²) in [4.78, 5) is 31.9. The van der Waals surface area contributed by atoms with Gasteiger partial charge in [-0.05, 0) is 79.1 Å². The fourth-order valence-corrected chi connectivity index (χ4v) is 4.28. The van der Waals surface area contributed by atoms with Crippen LogP contribution in [-0.2, 0) is 11.2 Å². The number of halogens is 2. The van der Waals surface area contributed by atoms with Crippen LogP contribution in [0.5, 0.6) is 0 Å². The molecule has 8 heteroatoms. The number of carbonyl (C=O) groups excluding carboxylic acids is 1. The third-order valence-electron chi connectivity index (χ3n) is 5.77. The Bertz CT molecular complexity index is 1590. The van der Waals surface area contributed by atoms with E-state index < -0.39 is 29.1 Å². The molecule has 4 rings (SSSR count). The van der Waals surface area contributed by atoms with Gasteiger partial charge in [0, 0.05) is 35.6 Å². The molecule has 6 nitrogen and oxygen atoms in total. The normalized spacial score (nSPS) is 12.1. The number of nitrogens with two attached hydrogens (primary N) is 1. The van der Waals surface area contributed by atoms with Crippen LogP contribution in [0.3, 0.4) is 0 Å². The lowest BCUT2D eigenvalue weighted by Crippen LogP contribution is -2.19. The summed E-state index contributed by atoms with van der Waals surface area (Å²) in [6.45, 7) is 3.08. The number of hydrogen-bond donors (Lipinski definition) is 3. The predicted molar refractivity (Wildman–Crippen MR) is 138 cm³/mol. The molecule has 0 bridgehead atoms. The van der Waals surface area contributed by atoms with Crippen molar-refractivity contribution < 1.29 is 18.7 Å². The van der Waals surface area contributed by atoms with E-state index in [0.717, 1.165) is 6.07 Å². The van der Waals surface area contributed by atoms with Crippen molar-refractivity contribution in [2.75, 3.05) is 0 Å². The van der Waals surface area contributed by atoms with Crippen molar-refractivity contribution in [2.45, 2.75) is 38.2 Å². The first-order chi connectivity index (χ1) is 17.5. The maximum Gasteiger partial charge on any atom is 0.255 e. The van der Waals surface area contributed by atoms with Crippen LogP contribution in [0.2, 0.25) is 0 Å². The Hall–Kier alpha value is -4.35. The van der Waals surface area contributed by atoms with E-state index in [1.165, 1.54) is 26.0 Å². The molecule has 0 saturated heterocycles. The van der Waals surface area contributed by atoms with Crippen molar-refractivity contribution in [3.05, 3.63) is 99.7 Å². The first-order valence-electron chi connectivity index (χ1n) is 11.6. The molecule has 0 radical (unpaired) electrons. The zero-order valence-electron chi connectivity index (χ0n) is 20.3. The summed E-state index contributed by atoms with van der Waals surface area (Å²) in [6, 6.07) is 13.7. The molecule has 0 aliphatic heterocycles. The number of carbonyl (C=O) groups is 1. The molecule has 2 heterocycles. The average Bonchev–Trinajstić information content (AvgIpc) is 2.81. The Balaban J connectivity index is 1.95. The number of aromatic amines is 1. The van der Waals surface area contributed by atoms with Gasteiger partial charge >= 0.3 is 0 Å². The summed E-state index contributed by atoms with van der Waals surface area (Å²) in [5.41, 5.74) is 6.46. The molecule has 1 amide bonds. The molecule has 188 valence electrons. The van der Waals surface area contributed by atoms with Gasteiger partial charge in [-0.25, -0.2) is 13.8 Å². The molecule has 37 heavy (non-hydrogen) atoms. The summed E-state index contributed by atoms with van der Waals surface area (Å²) < 4.78 is 27.9. The predicted octanol–water partition coefficient (Wildman–Crippen LogP) is 4.19. The molecule has 4 N–H and O–H groups in total. The SMILES string of the molecule is CC(C)(O)C#Cc1ccc(-c2cccc3c(=O)[nH]ccc23)c([C@H](CC(N)=O)Cc2cc(F)cc(F)c2)n1. The van der Waals surface area contributed by atoms with Crippen molar-refractivity contribution in [2.24, 2.45) is 5.73 Å². The van der Waals surface area contributed by atoms with Gasteiger partial charge in [-0.1, -0.05) is 18.1 Å². The van der Waals surface area contributed by atoms with E-state index in [0.29, 0.717) is 38.9 Å². The van der Waals surface area contributed by atoms with Gasteiger partial charge in [-0.15, -0.1) is 0 Å². The van der Waals surface area contributed by atoms with Crippen LogP contribution in [0.1, 0.15) is 43.1 Å². The number of aliphatic hydroxyl groups is 1. The maximum absolute atomic E-state index is 14.0. The zero-order valence-corrected chi connectivity index (χ0v) is 20.3. The van der Waals surface area contributed by atoms with Gasteiger partial charge in [0.05, 0.1) is 5.69 Å². The Labute approximate surface area is 212 Å². The first kappa shape index (κ1) is 25.7. The van der Waals surface area contributed by atoms with Gasteiger partial charge in [-0.2, -0.15) is 0 Å². The van der Waals surface area contributed by atoms with E-state index in [-0.39, 0.29) is 18.4 Å². The number of aromatic nitrogens is 2. The van der Waals surface area contributed by atoms with Crippen LogP contribution in [0.25, 0.3) is 21.9 Å². The minimum absolute atomic E-state index is 0.0747. The van der Waals surface area contributed by atoms with E-state index >= 15 is 0 Å². The van der Waals surface area contributed by atoms with Crippen molar-refractivity contribution in [1.82, 2.24) is 9.97 Å². The van der Waals surface area contributed by atoms with Crippen molar-refractivity contribution in [3.63, 3.8) is 0 Å². The summed E-state index contributed by atoms with van der Waals surface area (Å²) in [7, 11) is 0. The second kappa shape index (κ2) is 10.3. The molecular weight excluding hydrogens is 476 g/mol. The second-order valence-electron chi connectivity index (χ2n) is 9.36. The van der Waals surface area contributed by atoms with Crippen LogP contribution in [0.15, 0.2) is 65.6 Å². The van der Waals surface area contributed by atoms with Gasteiger partial charge in [0.2, 0.25) is 5.91 Å². The second-order valence-corrected chi connectivity index (χ2v) is 9.36. The lowest BCUT2D eigenvalue weighted by molar-refractivity contribution is -0.118. The maximum atomic E-state index is 14.0. The molecular formula is C29H25F2N3O3. The standard InChI is InChI=1S/C29H25F2N3O3/c1-29(2,37)10-8-21-6-7-24(22-4-3-5-25-23(22)9-11-33-28(25)36)27(34-21)18(15-26(32)35)12-17-13-19(30)16-20(31)14-17/h3-7,9,11,13-14,16,18,37H,12,15H2,1-2H3,(H2,32,35)(H,33,36)/t18-/m0/s1. The van der Waals surface area contributed by atoms with E-state index in [4.69, 9.17) is 10.7 Å². The zero-order chi connectivity index (χ0) is 26.7.